The van der Waals surface area contributed by atoms with Gasteiger partial charge >= 0.3 is 5.97 Å². The molecule has 13 heteroatoms. The highest BCUT2D eigenvalue weighted by Gasteiger charge is 2.27. The molecular weight excluding hydrogens is 370 g/mol. The molecule has 0 saturated heterocycles. The highest BCUT2D eigenvalue weighted by atomic mass is 32.1. The van der Waals surface area contributed by atoms with Crippen LogP contribution >= 0.6 is 12.6 Å². The van der Waals surface area contributed by atoms with Gasteiger partial charge in [-0.15, -0.1) is 0 Å². The van der Waals surface area contributed by atoms with Crippen molar-refractivity contribution in [3.8, 4) is 0 Å². The number of thiol groups is 1. The van der Waals surface area contributed by atoms with Gasteiger partial charge in [0, 0.05) is 5.75 Å². The average molecular weight is 393 g/mol. The summed E-state index contributed by atoms with van der Waals surface area (Å²) in [6, 6.07) is -4.02. The minimum absolute atomic E-state index is 0.217. The molecule has 0 aliphatic rings. The maximum Gasteiger partial charge on any atom is 0.327 e. The van der Waals surface area contributed by atoms with Crippen LogP contribution in [0.1, 0.15) is 13.3 Å². The minimum atomic E-state index is -1.44. The Hall–Kier alpha value is -2.38. The summed E-state index contributed by atoms with van der Waals surface area (Å²) in [7, 11) is 0. The number of rotatable bonds is 11. The van der Waals surface area contributed by atoms with Crippen molar-refractivity contribution >= 4 is 42.2 Å². The quantitative estimate of drug-likeness (QED) is 0.160. The van der Waals surface area contributed by atoms with Gasteiger partial charge in [-0.3, -0.25) is 19.2 Å². The van der Waals surface area contributed by atoms with Gasteiger partial charge in [-0.25, -0.2) is 4.79 Å². The Morgan fingerprint density at radius 2 is 1.65 bits per heavy atom. The molecule has 4 amide bonds. The van der Waals surface area contributed by atoms with Crippen LogP contribution in [0.2, 0.25) is 0 Å². The summed E-state index contributed by atoms with van der Waals surface area (Å²) in [5, 5.41) is 24.5. The standard InChI is InChI=1S/C13H23N5O7S/c1-5(19)10(15)12(23)16-3-9(21)17-6(2-8(14)20)11(22)18-7(4-26)13(24)25/h5-7,10,19,26H,2-4,15H2,1H3,(H2,14,20)(H,16,23)(H,17,21)(H,18,22)(H,24,25). The van der Waals surface area contributed by atoms with E-state index in [-0.39, 0.29) is 5.75 Å². The van der Waals surface area contributed by atoms with Gasteiger partial charge in [-0.2, -0.15) is 12.6 Å². The van der Waals surface area contributed by atoms with Crippen molar-refractivity contribution in [2.75, 3.05) is 12.3 Å². The fourth-order valence-corrected chi connectivity index (χ4v) is 1.87. The van der Waals surface area contributed by atoms with Crippen LogP contribution in [0.5, 0.6) is 0 Å². The second-order valence-electron chi connectivity index (χ2n) is 5.36. The Balaban J connectivity index is 4.81. The number of hydrogen-bond donors (Lipinski definition) is 8. The van der Waals surface area contributed by atoms with Crippen molar-refractivity contribution in [2.45, 2.75) is 37.6 Å². The molecule has 0 aromatic rings. The van der Waals surface area contributed by atoms with Gasteiger partial charge in [-0.1, -0.05) is 0 Å². The third-order valence-corrected chi connectivity index (χ3v) is 3.46. The molecule has 0 fully saturated rings. The predicted octanol–water partition coefficient (Wildman–Crippen LogP) is -4.33. The van der Waals surface area contributed by atoms with E-state index in [1.807, 2.05) is 0 Å². The summed E-state index contributed by atoms with van der Waals surface area (Å²) in [4.78, 5) is 57.4. The van der Waals surface area contributed by atoms with Gasteiger partial charge in [-0.05, 0) is 6.92 Å². The Labute approximate surface area is 154 Å². The second-order valence-corrected chi connectivity index (χ2v) is 5.72. The molecule has 0 radical (unpaired) electrons. The van der Waals surface area contributed by atoms with Gasteiger partial charge in [0.2, 0.25) is 23.6 Å². The van der Waals surface area contributed by atoms with Crippen LogP contribution in [-0.4, -0.2) is 76.3 Å². The highest BCUT2D eigenvalue weighted by molar-refractivity contribution is 7.80. The zero-order valence-corrected chi connectivity index (χ0v) is 14.9. The Morgan fingerprint density at radius 3 is 2.08 bits per heavy atom. The lowest BCUT2D eigenvalue weighted by Gasteiger charge is -2.20. The van der Waals surface area contributed by atoms with E-state index < -0.39 is 66.8 Å². The number of aliphatic hydroxyl groups excluding tert-OH is 1. The Bertz CT molecular complexity index is 557. The molecule has 9 N–H and O–H groups in total. The monoisotopic (exact) mass is 393 g/mol. The molecule has 0 heterocycles. The minimum Gasteiger partial charge on any atom is -0.480 e. The summed E-state index contributed by atoms with van der Waals surface area (Å²) in [5.41, 5.74) is 10.4. The van der Waals surface area contributed by atoms with Crippen LogP contribution in [0.15, 0.2) is 0 Å². The summed E-state index contributed by atoms with van der Waals surface area (Å²) < 4.78 is 0. The smallest absolute Gasteiger partial charge is 0.327 e. The van der Waals surface area contributed by atoms with Gasteiger partial charge in [0.25, 0.3) is 0 Å². The van der Waals surface area contributed by atoms with Crippen LogP contribution in [0, 0.1) is 0 Å². The van der Waals surface area contributed by atoms with Crippen LogP contribution in [0.25, 0.3) is 0 Å². The van der Waals surface area contributed by atoms with E-state index in [2.05, 4.69) is 28.6 Å². The summed E-state index contributed by atoms with van der Waals surface area (Å²) in [6.07, 6.45) is -1.72. The lowest BCUT2D eigenvalue weighted by Crippen LogP contribution is -2.55. The third-order valence-electron chi connectivity index (χ3n) is 3.10. The number of amides is 4. The van der Waals surface area contributed by atoms with Gasteiger partial charge < -0.3 is 37.6 Å². The molecule has 26 heavy (non-hydrogen) atoms. The van der Waals surface area contributed by atoms with Crippen LogP contribution in [-0.2, 0) is 24.0 Å². The van der Waals surface area contributed by atoms with Crippen LogP contribution in [0.3, 0.4) is 0 Å². The van der Waals surface area contributed by atoms with E-state index in [1.54, 1.807) is 0 Å². The molecule has 0 aromatic carbocycles. The van der Waals surface area contributed by atoms with E-state index in [0.29, 0.717) is 0 Å². The van der Waals surface area contributed by atoms with Crippen molar-refractivity contribution < 1.29 is 34.2 Å². The molecule has 0 aliphatic carbocycles. The maximum absolute atomic E-state index is 12.1. The zero-order chi connectivity index (χ0) is 20.4. The molecule has 0 bridgehead atoms. The SMILES string of the molecule is CC(O)C(N)C(=O)NCC(=O)NC(CC(N)=O)C(=O)NC(CS)C(=O)O. The number of carbonyl (C=O) groups excluding carboxylic acids is 4. The zero-order valence-electron chi connectivity index (χ0n) is 14.0. The summed E-state index contributed by atoms with van der Waals surface area (Å²) in [6.45, 7) is 0.703. The molecule has 148 valence electrons. The topological polar surface area (TPSA) is 214 Å². The lowest BCUT2D eigenvalue weighted by atomic mass is 10.1. The van der Waals surface area contributed by atoms with E-state index in [4.69, 9.17) is 16.6 Å². The molecule has 0 aromatic heterocycles. The first-order chi connectivity index (χ1) is 12.0. The molecule has 0 spiro atoms. The predicted molar refractivity (Wildman–Crippen MR) is 91.8 cm³/mol. The molecule has 0 rings (SSSR count). The molecule has 4 unspecified atom stereocenters. The normalized spacial score (nSPS) is 15.1. The molecule has 0 aliphatic heterocycles. The van der Waals surface area contributed by atoms with E-state index in [0.717, 1.165) is 0 Å². The lowest BCUT2D eigenvalue weighted by molar-refractivity contribution is -0.141. The molecular formula is C13H23N5O7S. The molecule has 4 atom stereocenters. The van der Waals surface area contributed by atoms with Gasteiger partial charge in [0.05, 0.1) is 19.1 Å². The first-order valence-electron chi connectivity index (χ1n) is 7.42. The number of primary amides is 1. The first-order valence-corrected chi connectivity index (χ1v) is 8.05. The number of carboxylic acids is 1. The fourth-order valence-electron chi connectivity index (χ4n) is 1.62. The van der Waals surface area contributed by atoms with Crippen LogP contribution in [0.4, 0.5) is 0 Å². The van der Waals surface area contributed by atoms with Crippen molar-refractivity contribution in [1.82, 2.24) is 16.0 Å². The fraction of sp³-hybridized carbons (Fsp3) is 0.615. The number of aliphatic hydroxyl groups is 1. The van der Waals surface area contributed by atoms with Crippen molar-refractivity contribution in [3.05, 3.63) is 0 Å². The number of hydrogen-bond acceptors (Lipinski definition) is 8. The molecule has 0 saturated carbocycles. The average Bonchev–Trinajstić information content (AvgIpc) is 2.54. The third kappa shape index (κ3) is 8.64. The van der Waals surface area contributed by atoms with E-state index in [1.165, 1.54) is 6.92 Å². The van der Waals surface area contributed by atoms with Crippen molar-refractivity contribution in [2.24, 2.45) is 11.5 Å². The second kappa shape index (κ2) is 11.3. The Kier molecular flexibility index (Phi) is 10.2. The number of nitrogens with two attached hydrogens (primary N) is 2. The Morgan fingerprint density at radius 1 is 1.08 bits per heavy atom. The largest absolute Gasteiger partial charge is 0.480 e. The van der Waals surface area contributed by atoms with Gasteiger partial charge in [0.15, 0.2) is 0 Å². The number of aliphatic carboxylic acids is 1. The number of nitrogens with one attached hydrogen (secondary N) is 3. The maximum atomic E-state index is 12.1. The number of carboxylic acid groups (broad SMARTS) is 1. The summed E-state index contributed by atoms with van der Waals surface area (Å²) in [5.74, 6) is -5.08. The highest BCUT2D eigenvalue weighted by Crippen LogP contribution is 1.96. The van der Waals surface area contributed by atoms with Crippen molar-refractivity contribution in [1.29, 1.82) is 0 Å². The first kappa shape index (κ1) is 23.6. The molecule has 12 nitrogen and oxygen atoms in total. The number of carbonyl (C=O) groups is 5. The van der Waals surface area contributed by atoms with E-state index >= 15 is 0 Å². The van der Waals surface area contributed by atoms with Crippen LogP contribution < -0.4 is 27.4 Å². The van der Waals surface area contributed by atoms with Gasteiger partial charge in [0.1, 0.15) is 18.1 Å². The van der Waals surface area contributed by atoms with E-state index in [9.17, 15) is 29.1 Å². The summed E-state index contributed by atoms with van der Waals surface area (Å²) >= 11 is 3.78. The van der Waals surface area contributed by atoms with Crippen molar-refractivity contribution in [3.63, 3.8) is 0 Å².